The number of carbonyl (C=O) groups is 3. The lowest BCUT2D eigenvalue weighted by molar-refractivity contribution is -0.133. The number of likely N-dealkylation sites (N-methyl/N-ethyl adjacent to an activating group) is 1. The molecule has 330 valence electrons. The van der Waals surface area contributed by atoms with Crippen LogP contribution in [0.2, 0.25) is 0 Å². The number of carbonyl (C=O) groups excluding carboxylic acids is 3. The van der Waals surface area contributed by atoms with Crippen LogP contribution in [0.4, 0.5) is 23.2 Å². The molecule has 1 spiro atoms. The van der Waals surface area contributed by atoms with E-state index in [4.69, 9.17) is 0 Å². The minimum Gasteiger partial charge on any atom is -0.371 e. The molecule has 2 fully saturated rings. The minimum atomic E-state index is -2.67. The summed E-state index contributed by atoms with van der Waals surface area (Å²) in [6.45, 7) is 11.3. The summed E-state index contributed by atoms with van der Waals surface area (Å²) >= 11 is 0. The van der Waals surface area contributed by atoms with Crippen LogP contribution in [0.3, 0.4) is 0 Å². The van der Waals surface area contributed by atoms with Crippen LogP contribution in [0.1, 0.15) is 84.1 Å². The van der Waals surface area contributed by atoms with E-state index in [9.17, 15) is 23.2 Å². The third-order valence-corrected chi connectivity index (χ3v) is 14.1. The number of halogens is 4. The Morgan fingerprint density at radius 1 is 1.03 bits per heavy atom. The van der Waals surface area contributed by atoms with E-state index in [0.29, 0.717) is 76.5 Å². The van der Waals surface area contributed by atoms with Gasteiger partial charge in [0, 0.05) is 86.8 Å². The number of nitrogens with one attached hydrogen (secondary N) is 2. The molecule has 2 saturated heterocycles. The van der Waals surface area contributed by atoms with Gasteiger partial charge in [-0.25, -0.2) is 17.6 Å². The quantitative estimate of drug-likeness (QED) is 0.0791. The summed E-state index contributed by atoms with van der Waals surface area (Å²) in [5, 5.41) is 3.60. The van der Waals surface area contributed by atoms with E-state index < -0.39 is 36.7 Å². The number of rotatable bonds is 14. The Bertz CT molecular complexity index is 2320. The Labute approximate surface area is 360 Å². The number of amides is 3. The SMILES string of the molecule is C=CCCC(C(=O)NC)N(C=O)Cc1cc2c(cc1C)CN(CC(=O)N1CCC3(CCN(c4cc(F)c([C@@H]5c6[nH]c7ccccc7c6C[C@@H](C)N5CC(F)F)c(F)c4)CC3)C1)C2. The van der Waals surface area contributed by atoms with E-state index >= 15 is 8.78 Å². The number of allylic oxidation sites excluding steroid dienone is 1. The molecule has 10 nitrogen and oxygen atoms in total. The topological polar surface area (TPSA) is 95.2 Å². The number of fused-ring (bicyclic) bond motifs is 4. The number of aromatic nitrogens is 1. The summed E-state index contributed by atoms with van der Waals surface area (Å²) in [7, 11) is 1.57. The van der Waals surface area contributed by atoms with Crippen molar-refractivity contribution in [3.63, 3.8) is 0 Å². The van der Waals surface area contributed by atoms with Crippen molar-refractivity contribution in [2.24, 2.45) is 5.41 Å². The Morgan fingerprint density at radius 3 is 2.40 bits per heavy atom. The number of hydrogen-bond donors (Lipinski definition) is 2. The smallest absolute Gasteiger partial charge is 0.251 e. The third kappa shape index (κ3) is 8.47. The molecule has 0 radical (unpaired) electrons. The zero-order valence-electron chi connectivity index (χ0n) is 35.9. The van der Waals surface area contributed by atoms with Crippen LogP contribution in [0.5, 0.6) is 0 Å². The zero-order valence-corrected chi connectivity index (χ0v) is 35.9. The van der Waals surface area contributed by atoms with Crippen LogP contribution in [0.15, 0.2) is 61.2 Å². The van der Waals surface area contributed by atoms with Gasteiger partial charge in [0.15, 0.2) is 0 Å². The first-order valence-electron chi connectivity index (χ1n) is 21.8. The highest BCUT2D eigenvalue weighted by molar-refractivity contribution is 5.85. The predicted molar refractivity (Wildman–Crippen MR) is 232 cm³/mol. The average molecular weight is 856 g/mol. The molecule has 14 heteroatoms. The standard InChI is InChI=1S/C48H57F4N7O3/c1-5-6-11-41(47(62)53-4)58(29-60)25-32-20-34-24-55(23-33(34)18-30(32)2)27-43(61)57-17-14-48(28-57)12-15-56(16-13-48)35-21-38(49)44(39(50)22-35)46-45-37(19-31(3)59(46)26-42(51)52)36-9-7-8-10-40(36)54-45/h5,7-10,18,20-22,29,31,41-42,46,54H,1,6,11-17,19,23-28H2,2-4H3,(H,53,62)/t31-,41?,46-/m1/s1. The first-order chi connectivity index (χ1) is 29.8. The summed E-state index contributed by atoms with van der Waals surface area (Å²) in [4.78, 5) is 51.0. The fourth-order valence-electron chi connectivity index (χ4n) is 10.6. The molecule has 1 aromatic heterocycles. The minimum absolute atomic E-state index is 0.0765. The number of likely N-dealkylation sites (tertiary alicyclic amines) is 1. The first kappa shape index (κ1) is 43.4. The molecule has 0 aliphatic carbocycles. The van der Waals surface area contributed by atoms with Crippen molar-refractivity contribution in [3.05, 3.63) is 112 Å². The molecule has 62 heavy (non-hydrogen) atoms. The van der Waals surface area contributed by atoms with E-state index in [1.54, 1.807) is 18.0 Å². The Balaban J connectivity index is 0.894. The second-order valence-corrected chi connectivity index (χ2v) is 17.9. The lowest BCUT2D eigenvalue weighted by Gasteiger charge is -2.42. The van der Waals surface area contributed by atoms with Crippen LogP contribution in [-0.4, -0.2) is 108 Å². The highest BCUT2D eigenvalue weighted by atomic mass is 19.3. The van der Waals surface area contributed by atoms with Crippen molar-refractivity contribution in [3.8, 4) is 0 Å². The van der Waals surface area contributed by atoms with Crippen molar-refractivity contribution >= 4 is 34.8 Å². The van der Waals surface area contributed by atoms with Crippen molar-refractivity contribution in [2.45, 2.75) is 96.6 Å². The van der Waals surface area contributed by atoms with E-state index in [1.165, 1.54) is 17.0 Å². The zero-order chi connectivity index (χ0) is 43.9. The number of nitrogens with zero attached hydrogens (tertiary/aromatic N) is 5. The van der Waals surface area contributed by atoms with Gasteiger partial charge in [-0.2, -0.15) is 0 Å². The second kappa shape index (κ2) is 17.9. The lowest BCUT2D eigenvalue weighted by atomic mass is 9.77. The van der Waals surface area contributed by atoms with E-state index in [0.717, 1.165) is 64.4 Å². The van der Waals surface area contributed by atoms with Gasteiger partial charge < -0.3 is 25.0 Å². The second-order valence-electron chi connectivity index (χ2n) is 17.9. The lowest BCUT2D eigenvalue weighted by Crippen LogP contribution is -2.45. The molecular weight excluding hydrogens is 799 g/mol. The third-order valence-electron chi connectivity index (χ3n) is 14.1. The van der Waals surface area contributed by atoms with Gasteiger partial charge in [0.05, 0.1) is 19.1 Å². The number of benzene rings is 3. The van der Waals surface area contributed by atoms with Gasteiger partial charge in [0.1, 0.15) is 17.7 Å². The molecular formula is C48H57F4N7O3. The highest BCUT2D eigenvalue weighted by Gasteiger charge is 2.44. The summed E-state index contributed by atoms with van der Waals surface area (Å²) < 4.78 is 60.6. The number of alkyl halides is 2. The molecule has 2 N–H and O–H groups in total. The van der Waals surface area contributed by atoms with Crippen molar-refractivity contribution in [1.29, 1.82) is 0 Å². The fraction of sp³-hybridized carbons (Fsp3) is 0.479. The van der Waals surface area contributed by atoms with Crippen molar-refractivity contribution < 1.29 is 31.9 Å². The summed E-state index contributed by atoms with van der Waals surface area (Å²) in [6, 6.07) is 12.5. The average Bonchev–Trinajstić information content (AvgIpc) is 3.96. The summed E-state index contributed by atoms with van der Waals surface area (Å²) in [5.74, 6) is -1.65. The maximum absolute atomic E-state index is 16.4. The van der Waals surface area contributed by atoms with Crippen molar-refractivity contribution in [2.75, 3.05) is 51.2 Å². The number of piperidine rings is 1. The van der Waals surface area contributed by atoms with Gasteiger partial charge in [-0.3, -0.25) is 24.2 Å². The molecule has 4 aliphatic heterocycles. The molecule has 3 aromatic carbocycles. The monoisotopic (exact) mass is 855 g/mol. The molecule has 4 aliphatic rings. The van der Waals surface area contributed by atoms with E-state index in [1.807, 2.05) is 47.9 Å². The fourth-order valence-corrected chi connectivity index (χ4v) is 10.6. The maximum Gasteiger partial charge on any atom is 0.251 e. The highest BCUT2D eigenvalue weighted by Crippen LogP contribution is 2.45. The van der Waals surface area contributed by atoms with Crippen LogP contribution >= 0.6 is 0 Å². The number of H-pyrrole nitrogens is 1. The van der Waals surface area contributed by atoms with Gasteiger partial charge in [0.2, 0.25) is 18.2 Å². The van der Waals surface area contributed by atoms with Gasteiger partial charge >= 0.3 is 0 Å². The number of para-hydroxylation sites is 1. The van der Waals surface area contributed by atoms with E-state index in [-0.39, 0.29) is 35.4 Å². The Kier molecular flexibility index (Phi) is 12.5. The molecule has 0 saturated carbocycles. The molecule has 5 heterocycles. The molecule has 0 bridgehead atoms. The number of aryl methyl sites for hydroxylation is 1. The van der Waals surface area contributed by atoms with Crippen LogP contribution in [0.25, 0.3) is 10.9 Å². The number of hydrogen-bond acceptors (Lipinski definition) is 6. The van der Waals surface area contributed by atoms with Gasteiger partial charge in [-0.05, 0) is 104 Å². The normalized spacial score (nSPS) is 20.5. The molecule has 4 aromatic rings. The molecule has 1 unspecified atom stereocenters. The van der Waals surface area contributed by atoms with Crippen LogP contribution < -0.4 is 10.2 Å². The molecule has 3 atom stereocenters. The Hall–Kier alpha value is -5.21. The van der Waals surface area contributed by atoms with Crippen LogP contribution in [-0.2, 0) is 40.4 Å². The van der Waals surface area contributed by atoms with Crippen molar-refractivity contribution in [1.82, 2.24) is 29.9 Å². The summed E-state index contributed by atoms with van der Waals surface area (Å²) in [6.07, 6.45) is 3.77. The largest absolute Gasteiger partial charge is 0.371 e. The van der Waals surface area contributed by atoms with Crippen LogP contribution in [0, 0.1) is 24.0 Å². The maximum atomic E-state index is 16.4. The number of aromatic amines is 1. The van der Waals surface area contributed by atoms with E-state index in [2.05, 4.69) is 33.9 Å². The number of anilines is 1. The van der Waals surface area contributed by atoms with Gasteiger partial charge in [-0.1, -0.05) is 36.4 Å². The van der Waals surface area contributed by atoms with Gasteiger partial charge in [0.25, 0.3) is 6.43 Å². The Morgan fingerprint density at radius 2 is 1.73 bits per heavy atom. The molecule has 8 rings (SSSR count). The predicted octanol–water partition coefficient (Wildman–Crippen LogP) is 7.23. The first-order valence-corrected chi connectivity index (χ1v) is 21.8. The summed E-state index contributed by atoms with van der Waals surface area (Å²) in [5.41, 5.74) is 6.64. The molecule has 3 amide bonds. The van der Waals surface area contributed by atoms with Gasteiger partial charge in [-0.15, -0.1) is 6.58 Å².